The van der Waals surface area contributed by atoms with Gasteiger partial charge in [0.15, 0.2) is 6.29 Å². The molecular weight excluding hydrogens is 196 g/mol. The molecule has 0 bridgehead atoms. The van der Waals surface area contributed by atoms with E-state index in [2.05, 4.69) is 19.9 Å². The van der Waals surface area contributed by atoms with Crippen molar-refractivity contribution in [2.24, 2.45) is 0 Å². The number of thiophene rings is 1. The van der Waals surface area contributed by atoms with Crippen LogP contribution in [0.1, 0.15) is 35.5 Å². The van der Waals surface area contributed by atoms with Gasteiger partial charge in [0, 0.05) is 19.1 Å². The number of rotatable bonds is 3. The molecule has 0 unspecified atom stereocenters. The molecule has 0 radical (unpaired) electrons. The Labute approximate surface area is 90.9 Å². The quantitative estimate of drug-likeness (QED) is 0.717. The molecule has 3 heteroatoms. The second-order valence-electron chi connectivity index (χ2n) is 2.71. The van der Waals surface area contributed by atoms with E-state index in [1.165, 1.54) is 10.4 Å². The SMILES string of the molecule is CC.COC(OC)c1sc(C)cc1C. The minimum absolute atomic E-state index is 0.205. The van der Waals surface area contributed by atoms with Gasteiger partial charge in [-0.2, -0.15) is 0 Å². The van der Waals surface area contributed by atoms with E-state index >= 15 is 0 Å². The maximum Gasteiger partial charge on any atom is 0.192 e. The van der Waals surface area contributed by atoms with Gasteiger partial charge in [0.1, 0.15) is 0 Å². The normalized spacial score (nSPS) is 9.93. The average molecular weight is 216 g/mol. The highest BCUT2D eigenvalue weighted by Gasteiger charge is 2.14. The predicted octanol–water partition coefficient (Wildman–Crippen LogP) is 3.68. The van der Waals surface area contributed by atoms with Gasteiger partial charge in [-0.3, -0.25) is 0 Å². The summed E-state index contributed by atoms with van der Waals surface area (Å²) in [5, 5.41) is 0. The zero-order valence-corrected chi connectivity index (χ0v) is 10.7. The van der Waals surface area contributed by atoms with Gasteiger partial charge in [0.25, 0.3) is 0 Å². The van der Waals surface area contributed by atoms with Crippen molar-refractivity contribution in [2.75, 3.05) is 14.2 Å². The Morgan fingerprint density at radius 3 is 1.93 bits per heavy atom. The van der Waals surface area contributed by atoms with E-state index in [0.29, 0.717) is 0 Å². The molecule has 0 N–H and O–H groups in total. The Morgan fingerprint density at radius 2 is 1.64 bits per heavy atom. The zero-order chi connectivity index (χ0) is 11.1. The van der Waals surface area contributed by atoms with Gasteiger partial charge in [0.05, 0.1) is 4.88 Å². The predicted molar refractivity (Wildman–Crippen MR) is 61.9 cm³/mol. The molecular formula is C11H20O2S. The van der Waals surface area contributed by atoms with Crippen LogP contribution in [0.5, 0.6) is 0 Å². The van der Waals surface area contributed by atoms with Gasteiger partial charge in [-0.25, -0.2) is 0 Å². The Hall–Kier alpha value is -0.380. The molecule has 82 valence electrons. The van der Waals surface area contributed by atoms with Gasteiger partial charge in [-0.15, -0.1) is 11.3 Å². The van der Waals surface area contributed by atoms with E-state index in [-0.39, 0.29) is 6.29 Å². The molecule has 14 heavy (non-hydrogen) atoms. The standard InChI is InChI=1S/C9H14O2S.C2H6/c1-6-5-7(2)12-8(6)9(10-3)11-4;1-2/h5,9H,1-4H3;1-2H3. The molecule has 0 atom stereocenters. The number of hydrogen-bond acceptors (Lipinski definition) is 3. The van der Waals surface area contributed by atoms with Crippen molar-refractivity contribution in [1.82, 2.24) is 0 Å². The minimum Gasteiger partial charge on any atom is -0.351 e. The average Bonchev–Trinajstić information content (AvgIpc) is 2.51. The molecule has 1 rings (SSSR count). The van der Waals surface area contributed by atoms with Gasteiger partial charge >= 0.3 is 0 Å². The first-order valence-electron chi connectivity index (χ1n) is 4.81. The summed E-state index contributed by atoms with van der Waals surface area (Å²) in [4.78, 5) is 2.46. The van der Waals surface area contributed by atoms with Crippen LogP contribution in [0.3, 0.4) is 0 Å². The van der Waals surface area contributed by atoms with Crippen LogP contribution >= 0.6 is 11.3 Å². The zero-order valence-electron chi connectivity index (χ0n) is 9.88. The topological polar surface area (TPSA) is 18.5 Å². The summed E-state index contributed by atoms with van der Waals surface area (Å²) in [7, 11) is 3.31. The number of ether oxygens (including phenoxy) is 2. The molecule has 0 spiro atoms. The summed E-state index contributed by atoms with van der Waals surface area (Å²) in [6.45, 7) is 8.16. The van der Waals surface area contributed by atoms with Crippen LogP contribution in [0.25, 0.3) is 0 Å². The lowest BCUT2D eigenvalue weighted by Crippen LogP contribution is -2.02. The summed E-state index contributed by atoms with van der Waals surface area (Å²) in [5.41, 5.74) is 1.24. The lowest BCUT2D eigenvalue weighted by atomic mass is 10.2. The van der Waals surface area contributed by atoms with Crippen molar-refractivity contribution in [1.29, 1.82) is 0 Å². The molecule has 0 fully saturated rings. The first-order valence-corrected chi connectivity index (χ1v) is 5.63. The molecule has 1 aromatic rings. The van der Waals surface area contributed by atoms with Crippen LogP contribution in [0.4, 0.5) is 0 Å². The molecule has 0 saturated heterocycles. The van der Waals surface area contributed by atoms with Crippen LogP contribution in [0, 0.1) is 13.8 Å². The first kappa shape index (κ1) is 13.6. The lowest BCUT2D eigenvalue weighted by molar-refractivity contribution is -0.103. The molecule has 0 aliphatic rings. The third kappa shape index (κ3) is 3.40. The maximum atomic E-state index is 5.17. The second-order valence-corrected chi connectivity index (χ2v) is 4.00. The summed E-state index contributed by atoms with van der Waals surface area (Å²) in [5.74, 6) is 0. The Bertz CT molecular complexity index is 252. The van der Waals surface area contributed by atoms with E-state index in [9.17, 15) is 0 Å². The van der Waals surface area contributed by atoms with E-state index in [4.69, 9.17) is 9.47 Å². The molecule has 0 aromatic carbocycles. The minimum atomic E-state index is -0.205. The largest absolute Gasteiger partial charge is 0.351 e. The highest BCUT2D eigenvalue weighted by molar-refractivity contribution is 7.12. The van der Waals surface area contributed by atoms with E-state index in [1.807, 2.05) is 13.8 Å². The first-order chi connectivity index (χ1) is 6.69. The van der Waals surface area contributed by atoms with Gasteiger partial charge in [-0.1, -0.05) is 13.8 Å². The summed E-state index contributed by atoms with van der Waals surface area (Å²) < 4.78 is 10.3. The third-order valence-electron chi connectivity index (χ3n) is 1.72. The van der Waals surface area contributed by atoms with E-state index in [0.717, 1.165) is 4.88 Å². The van der Waals surface area contributed by atoms with Crippen LogP contribution in [0.15, 0.2) is 6.07 Å². The number of hydrogen-bond donors (Lipinski definition) is 0. The highest BCUT2D eigenvalue weighted by atomic mass is 32.1. The van der Waals surface area contributed by atoms with Gasteiger partial charge in [0.2, 0.25) is 0 Å². The Balaban J connectivity index is 0.000000791. The number of aryl methyl sites for hydroxylation is 2. The van der Waals surface area contributed by atoms with Crippen molar-refractivity contribution < 1.29 is 9.47 Å². The molecule has 1 heterocycles. The van der Waals surface area contributed by atoms with Gasteiger partial charge in [-0.05, 0) is 25.5 Å². The Kier molecular flexibility index (Phi) is 6.79. The summed E-state index contributed by atoms with van der Waals surface area (Å²) >= 11 is 1.72. The molecule has 1 aromatic heterocycles. The number of methoxy groups -OCH3 is 2. The van der Waals surface area contributed by atoms with Crippen molar-refractivity contribution in [3.63, 3.8) is 0 Å². The monoisotopic (exact) mass is 216 g/mol. The third-order valence-corrected chi connectivity index (χ3v) is 2.90. The highest BCUT2D eigenvalue weighted by Crippen LogP contribution is 2.29. The fraction of sp³-hybridized carbons (Fsp3) is 0.636. The van der Waals surface area contributed by atoms with E-state index < -0.39 is 0 Å². The van der Waals surface area contributed by atoms with Crippen LogP contribution in [-0.4, -0.2) is 14.2 Å². The molecule has 0 aliphatic heterocycles. The molecule has 0 amide bonds. The van der Waals surface area contributed by atoms with Crippen molar-refractivity contribution in [3.05, 3.63) is 21.4 Å². The van der Waals surface area contributed by atoms with Crippen LogP contribution < -0.4 is 0 Å². The lowest BCUT2D eigenvalue weighted by Gasteiger charge is -2.11. The summed E-state index contributed by atoms with van der Waals surface area (Å²) in [6, 6.07) is 2.14. The fourth-order valence-electron chi connectivity index (χ4n) is 1.20. The molecule has 0 saturated carbocycles. The van der Waals surface area contributed by atoms with Crippen molar-refractivity contribution in [3.8, 4) is 0 Å². The molecule has 2 nitrogen and oxygen atoms in total. The van der Waals surface area contributed by atoms with Gasteiger partial charge < -0.3 is 9.47 Å². The van der Waals surface area contributed by atoms with Crippen molar-refractivity contribution >= 4 is 11.3 Å². The Morgan fingerprint density at radius 1 is 1.14 bits per heavy atom. The molecule has 0 aliphatic carbocycles. The van der Waals surface area contributed by atoms with E-state index in [1.54, 1.807) is 25.6 Å². The maximum absolute atomic E-state index is 5.17. The smallest absolute Gasteiger partial charge is 0.192 e. The summed E-state index contributed by atoms with van der Waals surface area (Å²) in [6.07, 6.45) is -0.205. The van der Waals surface area contributed by atoms with Crippen molar-refractivity contribution in [2.45, 2.75) is 34.0 Å². The van der Waals surface area contributed by atoms with Crippen LogP contribution in [0.2, 0.25) is 0 Å². The fourth-order valence-corrected chi connectivity index (χ4v) is 2.29. The second kappa shape index (κ2) is 6.98. The van der Waals surface area contributed by atoms with Crippen LogP contribution in [-0.2, 0) is 9.47 Å².